The van der Waals surface area contributed by atoms with Gasteiger partial charge in [0.25, 0.3) is 11.8 Å². The summed E-state index contributed by atoms with van der Waals surface area (Å²) in [5.74, 6) is -0.349. The summed E-state index contributed by atoms with van der Waals surface area (Å²) in [5.41, 5.74) is 1.97. The Labute approximate surface area is 180 Å². The molecule has 152 valence electrons. The van der Waals surface area contributed by atoms with Gasteiger partial charge in [-0.2, -0.15) is 0 Å². The molecule has 0 fully saturated rings. The minimum Gasteiger partial charge on any atom is -0.351 e. The molecule has 1 aliphatic rings. The lowest BCUT2D eigenvalue weighted by atomic mass is 10.1. The second kappa shape index (κ2) is 9.96. The third kappa shape index (κ3) is 5.41. The quantitative estimate of drug-likeness (QED) is 0.636. The van der Waals surface area contributed by atoms with Crippen LogP contribution in [0.1, 0.15) is 29.8 Å². The van der Waals surface area contributed by atoms with Gasteiger partial charge in [-0.25, -0.2) is 0 Å². The highest BCUT2D eigenvalue weighted by molar-refractivity contribution is 8.04. The van der Waals surface area contributed by atoms with Gasteiger partial charge in [0.1, 0.15) is 0 Å². The lowest BCUT2D eigenvalue weighted by molar-refractivity contribution is -0.112. The fourth-order valence-corrected chi connectivity index (χ4v) is 4.12. The lowest BCUT2D eigenvalue weighted by Crippen LogP contribution is -2.34. The molecule has 0 aromatic heterocycles. The maximum absolute atomic E-state index is 12.5. The average molecular weight is 430 g/mol. The van der Waals surface area contributed by atoms with Crippen molar-refractivity contribution in [3.05, 3.63) is 63.5 Å². The van der Waals surface area contributed by atoms with E-state index >= 15 is 0 Å². The Morgan fingerprint density at radius 1 is 1.21 bits per heavy atom. The van der Waals surface area contributed by atoms with E-state index in [-0.39, 0.29) is 11.8 Å². The summed E-state index contributed by atoms with van der Waals surface area (Å²) < 4.78 is 0. The number of carbonyl (C=O) groups excluding carboxylic acids is 2. The highest BCUT2D eigenvalue weighted by Gasteiger charge is 2.22. The predicted molar refractivity (Wildman–Crippen MR) is 120 cm³/mol. The van der Waals surface area contributed by atoms with Crippen molar-refractivity contribution < 1.29 is 9.59 Å². The number of likely N-dealkylation sites (N-methyl/N-ethyl adjacent to an activating group) is 1. The number of thioether (sulfide) groups is 1. The Morgan fingerprint density at radius 3 is 2.69 bits per heavy atom. The fraction of sp³-hybridized carbons (Fsp3) is 0.273. The van der Waals surface area contributed by atoms with Crippen LogP contribution in [-0.2, 0) is 4.79 Å². The number of fused-ring (bicyclic) bond motifs is 1. The number of hydrogen-bond acceptors (Lipinski definition) is 4. The summed E-state index contributed by atoms with van der Waals surface area (Å²) in [6.07, 6.45) is 1.78. The Hall–Kier alpha value is -2.28. The smallest absolute Gasteiger partial charge is 0.262 e. The normalized spacial score (nSPS) is 14.6. The van der Waals surface area contributed by atoms with Crippen molar-refractivity contribution in [1.29, 1.82) is 0 Å². The molecular formula is C22H24ClN3O2S. The van der Waals surface area contributed by atoms with Gasteiger partial charge in [0, 0.05) is 28.6 Å². The first-order valence-corrected chi connectivity index (χ1v) is 10.8. The molecule has 0 spiro atoms. The van der Waals surface area contributed by atoms with Gasteiger partial charge >= 0.3 is 0 Å². The van der Waals surface area contributed by atoms with Crippen LogP contribution in [0.4, 0.5) is 5.69 Å². The number of nitrogens with one attached hydrogen (secondary N) is 2. The highest BCUT2D eigenvalue weighted by atomic mass is 35.5. The number of amides is 2. The molecule has 0 saturated heterocycles. The number of halogens is 1. The van der Waals surface area contributed by atoms with Crippen LogP contribution in [-0.4, -0.2) is 42.9 Å². The SMILES string of the molecule is CCN(CC)CCNC(=O)c1ccc2c(c1)NC(=O)/C(=C\c1ccccc1Cl)S2. The van der Waals surface area contributed by atoms with Crippen LogP contribution in [0.2, 0.25) is 5.02 Å². The van der Waals surface area contributed by atoms with E-state index in [1.54, 1.807) is 24.3 Å². The van der Waals surface area contributed by atoms with Crippen LogP contribution in [0.3, 0.4) is 0 Å². The summed E-state index contributed by atoms with van der Waals surface area (Å²) in [7, 11) is 0. The predicted octanol–water partition coefficient (Wildman–Crippen LogP) is 4.50. The summed E-state index contributed by atoms with van der Waals surface area (Å²) in [6.45, 7) is 7.51. The summed E-state index contributed by atoms with van der Waals surface area (Å²) in [4.78, 5) is 28.7. The molecule has 1 aliphatic heterocycles. The average Bonchev–Trinajstić information content (AvgIpc) is 2.73. The molecule has 5 nitrogen and oxygen atoms in total. The Kier molecular flexibility index (Phi) is 7.36. The number of anilines is 1. The van der Waals surface area contributed by atoms with Gasteiger partial charge in [0.05, 0.1) is 10.6 Å². The van der Waals surface area contributed by atoms with E-state index in [0.29, 0.717) is 27.7 Å². The first-order chi connectivity index (χ1) is 14.0. The van der Waals surface area contributed by atoms with Crippen LogP contribution < -0.4 is 10.6 Å². The monoisotopic (exact) mass is 429 g/mol. The van der Waals surface area contributed by atoms with Crippen LogP contribution >= 0.6 is 23.4 Å². The molecule has 0 aliphatic carbocycles. The van der Waals surface area contributed by atoms with Crippen molar-refractivity contribution in [2.45, 2.75) is 18.7 Å². The lowest BCUT2D eigenvalue weighted by Gasteiger charge is -2.20. The zero-order chi connectivity index (χ0) is 20.8. The molecule has 2 N–H and O–H groups in total. The van der Waals surface area contributed by atoms with Gasteiger partial charge in [-0.05, 0) is 49.0 Å². The van der Waals surface area contributed by atoms with Crippen molar-refractivity contribution in [3.63, 3.8) is 0 Å². The topological polar surface area (TPSA) is 61.4 Å². The minimum atomic E-state index is -0.207. The standard InChI is InChI=1S/C22H24ClN3O2S/c1-3-26(4-2)12-11-24-21(27)16-9-10-19-18(13-16)25-22(28)20(29-19)14-15-7-5-6-8-17(15)23/h5-10,13-14H,3-4,11-12H2,1-2H3,(H,24,27)(H,25,28)/b20-14+. The van der Waals surface area contributed by atoms with Crippen molar-refractivity contribution in [3.8, 4) is 0 Å². The maximum Gasteiger partial charge on any atom is 0.262 e. The van der Waals surface area contributed by atoms with Crippen LogP contribution in [0.5, 0.6) is 0 Å². The number of carbonyl (C=O) groups is 2. The highest BCUT2D eigenvalue weighted by Crippen LogP contribution is 2.39. The first kappa shape index (κ1) is 21.4. The van der Waals surface area contributed by atoms with Gasteiger partial charge in [-0.15, -0.1) is 0 Å². The van der Waals surface area contributed by atoms with Crippen molar-refractivity contribution in [2.24, 2.45) is 0 Å². The first-order valence-electron chi connectivity index (χ1n) is 9.61. The van der Waals surface area contributed by atoms with Crippen LogP contribution in [0, 0.1) is 0 Å². The molecule has 3 rings (SSSR count). The number of hydrogen-bond donors (Lipinski definition) is 2. The molecular weight excluding hydrogens is 406 g/mol. The number of benzene rings is 2. The number of rotatable bonds is 7. The van der Waals surface area contributed by atoms with E-state index in [0.717, 1.165) is 30.1 Å². The molecule has 0 bridgehead atoms. The maximum atomic E-state index is 12.5. The number of nitrogens with zero attached hydrogens (tertiary/aromatic N) is 1. The van der Waals surface area contributed by atoms with E-state index < -0.39 is 0 Å². The minimum absolute atomic E-state index is 0.142. The van der Waals surface area contributed by atoms with Gasteiger partial charge in [0.2, 0.25) is 0 Å². The Balaban J connectivity index is 1.70. The Bertz CT molecular complexity index is 941. The summed E-state index contributed by atoms with van der Waals surface area (Å²) in [6, 6.07) is 12.7. The molecule has 2 aromatic carbocycles. The van der Waals surface area contributed by atoms with Crippen molar-refractivity contribution in [1.82, 2.24) is 10.2 Å². The van der Waals surface area contributed by atoms with Gasteiger partial charge in [-0.1, -0.05) is 55.4 Å². The zero-order valence-electron chi connectivity index (χ0n) is 16.5. The molecule has 2 aromatic rings. The van der Waals surface area contributed by atoms with E-state index in [2.05, 4.69) is 29.4 Å². The molecule has 0 atom stereocenters. The second-order valence-corrected chi connectivity index (χ2v) is 8.07. The molecule has 29 heavy (non-hydrogen) atoms. The molecule has 7 heteroatoms. The molecule has 1 heterocycles. The third-order valence-corrected chi connectivity index (χ3v) is 6.18. The van der Waals surface area contributed by atoms with Gasteiger partial charge in [0.15, 0.2) is 0 Å². The summed E-state index contributed by atoms with van der Waals surface area (Å²) in [5, 5.41) is 6.41. The Morgan fingerprint density at radius 2 is 1.97 bits per heavy atom. The van der Waals surface area contributed by atoms with Crippen LogP contribution in [0.25, 0.3) is 6.08 Å². The van der Waals surface area contributed by atoms with Crippen molar-refractivity contribution in [2.75, 3.05) is 31.5 Å². The molecule has 0 saturated carbocycles. The van der Waals surface area contributed by atoms with Crippen molar-refractivity contribution >= 4 is 46.9 Å². The van der Waals surface area contributed by atoms with Gasteiger partial charge in [-0.3, -0.25) is 9.59 Å². The molecule has 0 unspecified atom stereocenters. The van der Waals surface area contributed by atoms with E-state index in [1.165, 1.54) is 11.8 Å². The molecule has 0 radical (unpaired) electrons. The van der Waals surface area contributed by atoms with E-state index in [9.17, 15) is 9.59 Å². The third-order valence-electron chi connectivity index (χ3n) is 4.73. The fourth-order valence-electron chi connectivity index (χ4n) is 3.00. The second-order valence-electron chi connectivity index (χ2n) is 6.58. The van der Waals surface area contributed by atoms with Crippen LogP contribution in [0.15, 0.2) is 52.3 Å². The zero-order valence-corrected chi connectivity index (χ0v) is 18.1. The van der Waals surface area contributed by atoms with E-state index in [1.807, 2.05) is 24.3 Å². The largest absolute Gasteiger partial charge is 0.351 e. The molecule has 2 amide bonds. The summed E-state index contributed by atoms with van der Waals surface area (Å²) >= 11 is 7.56. The van der Waals surface area contributed by atoms with E-state index in [4.69, 9.17) is 11.6 Å². The van der Waals surface area contributed by atoms with Gasteiger partial charge < -0.3 is 15.5 Å².